The summed E-state index contributed by atoms with van der Waals surface area (Å²) < 4.78 is 2.25. The Hall–Kier alpha value is -3.88. The van der Waals surface area contributed by atoms with Crippen molar-refractivity contribution in [2.24, 2.45) is 0 Å². The molecule has 1 saturated heterocycles. The average molecular weight is 476 g/mol. The van der Waals surface area contributed by atoms with E-state index in [-0.39, 0.29) is 0 Å². The summed E-state index contributed by atoms with van der Waals surface area (Å²) in [6, 6.07) is 32.2. The van der Waals surface area contributed by atoms with Crippen LogP contribution in [0.5, 0.6) is 0 Å². The monoisotopic (exact) mass is 475 g/mol. The lowest BCUT2D eigenvalue weighted by Crippen LogP contribution is -2.45. The van der Waals surface area contributed by atoms with E-state index >= 15 is 0 Å². The van der Waals surface area contributed by atoms with Crippen LogP contribution in [0.25, 0.3) is 0 Å². The molecule has 0 bridgehead atoms. The fourth-order valence-electron chi connectivity index (χ4n) is 5.15. The van der Waals surface area contributed by atoms with Gasteiger partial charge >= 0.3 is 0 Å². The van der Waals surface area contributed by atoms with Crippen molar-refractivity contribution < 1.29 is 0 Å². The van der Waals surface area contributed by atoms with Crippen LogP contribution in [0.3, 0.4) is 0 Å². The van der Waals surface area contributed by atoms with Crippen LogP contribution in [-0.2, 0) is 19.5 Å². The summed E-state index contributed by atoms with van der Waals surface area (Å²) >= 11 is 0. The highest BCUT2D eigenvalue weighted by Gasteiger charge is 2.25. The minimum absolute atomic E-state index is 0.548. The second kappa shape index (κ2) is 11.7. The minimum atomic E-state index is 0.548. The zero-order valence-corrected chi connectivity index (χ0v) is 20.7. The lowest BCUT2D eigenvalue weighted by atomic mass is 10.0. The highest BCUT2D eigenvalue weighted by molar-refractivity contribution is 5.46. The maximum Gasteiger partial charge on any atom is 0.0991 e. The Morgan fingerprint density at radius 1 is 0.861 bits per heavy atom. The molecule has 0 aliphatic carbocycles. The number of anilines is 1. The van der Waals surface area contributed by atoms with Crippen molar-refractivity contribution in [2.75, 3.05) is 24.5 Å². The van der Waals surface area contributed by atoms with Gasteiger partial charge in [0.25, 0.3) is 0 Å². The molecule has 0 radical (unpaired) electrons. The highest BCUT2D eigenvalue weighted by atomic mass is 15.2. The van der Waals surface area contributed by atoms with Crippen molar-refractivity contribution >= 4 is 5.69 Å². The fourth-order valence-corrected chi connectivity index (χ4v) is 5.15. The molecule has 5 heteroatoms. The number of nitriles is 1. The first kappa shape index (κ1) is 23.8. The molecule has 3 aromatic carbocycles. The van der Waals surface area contributed by atoms with Gasteiger partial charge < -0.3 is 9.47 Å². The molecule has 0 unspecified atom stereocenters. The van der Waals surface area contributed by atoms with Crippen molar-refractivity contribution in [1.82, 2.24) is 14.5 Å². The zero-order valence-electron chi connectivity index (χ0n) is 20.7. The van der Waals surface area contributed by atoms with Gasteiger partial charge in [0, 0.05) is 50.6 Å². The third kappa shape index (κ3) is 6.02. The van der Waals surface area contributed by atoms with E-state index in [1.54, 1.807) is 0 Å². The Morgan fingerprint density at radius 2 is 1.56 bits per heavy atom. The number of para-hydroxylation sites is 1. The van der Waals surface area contributed by atoms with E-state index in [9.17, 15) is 0 Å². The number of nitrogens with zero attached hydrogens (tertiary/aromatic N) is 5. The summed E-state index contributed by atoms with van der Waals surface area (Å²) in [5, 5.41) is 9.09. The van der Waals surface area contributed by atoms with Crippen molar-refractivity contribution in [3.05, 3.63) is 120 Å². The van der Waals surface area contributed by atoms with E-state index in [1.165, 1.54) is 22.5 Å². The Kier molecular flexibility index (Phi) is 7.75. The summed E-state index contributed by atoms with van der Waals surface area (Å²) in [6.45, 7) is 4.85. The topological polar surface area (TPSA) is 48.1 Å². The maximum atomic E-state index is 9.09. The Balaban J connectivity index is 1.29. The van der Waals surface area contributed by atoms with Crippen LogP contribution in [0.1, 0.15) is 35.2 Å². The predicted octanol–water partition coefficient (Wildman–Crippen LogP) is 5.52. The molecule has 36 heavy (non-hydrogen) atoms. The van der Waals surface area contributed by atoms with Gasteiger partial charge in [-0.05, 0) is 54.7 Å². The molecular weight excluding hydrogens is 442 g/mol. The first-order valence-electron chi connectivity index (χ1n) is 12.8. The van der Waals surface area contributed by atoms with Crippen LogP contribution >= 0.6 is 0 Å². The van der Waals surface area contributed by atoms with Gasteiger partial charge in [-0.15, -0.1) is 0 Å². The van der Waals surface area contributed by atoms with Gasteiger partial charge in [-0.2, -0.15) is 5.26 Å². The second-order valence-electron chi connectivity index (χ2n) is 9.58. The zero-order chi connectivity index (χ0) is 24.6. The molecule has 5 nitrogen and oxygen atoms in total. The van der Waals surface area contributed by atoms with Gasteiger partial charge in [-0.25, -0.2) is 4.98 Å². The number of benzene rings is 3. The Labute approximate surface area is 214 Å². The summed E-state index contributed by atoms with van der Waals surface area (Å²) in [5.74, 6) is 0. The molecular formula is C31H33N5. The Bertz CT molecular complexity index is 1250. The number of hydrogen-bond acceptors (Lipinski definition) is 4. The summed E-state index contributed by atoms with van der Waals surface area (Å²) in [4.78, 5) is 9.68. The van der Waals surface area contributed by atoms with E-state index < -0.39 is 0 Å². The molecule has 182 valence electrons. The van der Waals surface area contributed by atoms with Crippen LogP contribution in [0.15, 0.2) is 97.5 Å². The van der Waals surface area contributed by atoms with Gasteiger partial charge in [0.1, 0.15) is 0 Å². The van der Waals surface area contributed by atoms with Gasteiger partial charge in [0.05, 0.1) is 23.7 Å². The Morgan fingerprint density at radius 3 is 2.25 bits per heavy atom. The molecule has 0 atom stereocenters. The van der Waals surface area contributed by atoms with Crippen LogP contribution in [0.4, 0.5) is 5.69 Å². The van der Waals surface area contributed by atoms with Gasteiger partial charge in [0.2, 0.25) is 0 Å². The van der Waals surface area contributed by atoms with Gasteiger partial charge in [0.15, 0.2) is 0 Å². The minimum Gasteiger partial charge on any atom is -0.371 e. The molecule has 1 aliphatic rings. The normalized spacial score (nSPS) is 14.2. The molecule has 1 fully saturated rings. The van der Waals surface area contributed by atoms with Gasteiger partial charge in [-0.1, -0.05) is 60.7 Å². The second-order valence-corrected chi connectivity index (χ2v) is 9.58. The molecule has 0 amide bonds. The van der Waals surface area contributed by atoms with Crippen LogP contribution in [0, 0.1) is 11.3 Å². The molecule has 0 N–H and O–H groups in total. The van der Waals surface area contributed by atoms with E-state index in [0.717, 1.165) is 52.0 Å². The van der Waals surface area contributed by atoms with Crippen LogP contribution < -0.4 is 4.90 Å². The molecule has 1 aromatic heterocycles. The van der Waals surface area contributed by atoms with E-state index in [1.807, 2.05) is 36.8 Å². The molecule has 1 aliphatic heterocycles. The van der Waals surface area contributed by atoms with Crippen molar-refractivity contribution in [3.8, 4) is 6.07 Å². The van der Waals surface area contributed by atoms with Crippen molar-refractivity contribution in [3.63, 3.8) is 0 Å². The molecule has 0 saturated carbocycles. The first-order valence-corrected chi connectivity index (χ1v) is 12.8. The molecule has 4 aromatic rings. The van der Waals surface area contributed by atoms with E-state index in [2.05, 4.69) is 86.1 Å². The predicted molar refractivity (Wildman–Crippen MR) is 145 cm³/mol. The highest BCUT2D eigenvalue weighted by Crippen LogP contribution is 2.24. The lowest BCUT2D eigenvalue weighted by molar-refractivity contribution is 0.159. The summed E-state index contributed by atoms with van der Waals surface area (Å²) in [7, 11) is 0. The van der Waals surface area contributed by atoms with Gasteiger partial charge in [-0.3, -0.25) is 4.90 Å². The largest absolute Gasteiger partial charge is 0.371 e. The number of hydrogen-bond donors (Lipinski definition) is 0. The van der Waals surface area contributed by atoms with E-state index in [0.29, 0.717) is 11.6 Å². The number of imidazole rings is 1. The van der Waals surface area contributed by atoms with Crippen LogP contribution in [0.2, 0.25) is 0 Å². The molecule has 0 spiro atoms. The quantitative estimate of drug-likeness (QED) is 0.320. The smallest absolute Gasteiger partial charge is 0.0991 e. The van der Waals surface area contributed by atoms with Crippen LogP contribution in [-0.4, -0.2) is 40.1 Å². The first-order chi connectivity index (χ1) is 17.8. The van der Waals surface area contributed by atoms with Crippen molar-refractivity contribution in [1.29, 1.82) is 5.26 Å². The standard InChI is InChI=1S/C31H33N5/c32-21-27-11-13-28(14-12-27)23-36-25-33-22-31(36)24-35(18-15-26-7-3-1-4-8-26)30-16-19-34(20-17-30)29-9-5-2-6-10-29/h1-14,22,25,30H,15-20,23-24H2. The average Bonchev–Trinajstić information content (AvgIpc) is 3.39. The number of piperidine rings is 1. The maximum absolute atomic E-state index is 9.09. The third-order valence-electron chi connectivity index (χ3n) is 7.23. The number of aromatic nitrogens is 2. The molecule has 5 rings (SSSR count). The van der Waals surface area contributed by atoms with E-state index in [4.69, 9.17) is 5.26 Å². The summed E-state index contributed by atoms with van der Waals surface area (Å²) in [5.41, 5.74) is 5.82. The SMILES string of the molecule is N#Cc1ccc(Cn2cncc2CN(CCc2ccccc2)C2CCN(c3ccccc3)CC2)cc1. The summed E-state index contributed by atoms with van der Waals surface area (Å²) in [6.07, 6.45) is 7.31. The third-order valence-corrected chi connectivity index (χ3v) is 7.23. The molecule has 2 heterocycles. The number of rotatable bonds is 9. The van der Waals surface area contributed by atoms with Crippen molar-refractivity contribution in [2.45, 2.75) is 38.4 Å². The fraction of sp³-hybridized carbons (Fsp3) is 0.290. The lowest BCUT2D eigenvalue weighted by Gasteiger charge is -2.39.